The number of nitrogens with one attached hydrogen (secondary N) is 1. The minimum atomic E-state index is -0.787. The van der Waals surface area contributed by atoms with Gasteiger partial charge in [-0.15, -0.1) is 6.42 Å². The second kappa shape index (κ2) is 7.09. The third kappa shape index (κ3) is 3.60. The zero-order valence-electron chi connectivity index (χ0n) is 11.3. The van der Waals surface area contributed by atoms with E-state index in [1.54, 1.807) is 0 Å². The van der Waals surface area contributed by atoms with E-state index in [9.17, 15) is 4.79 Å². The first-order chi connectivity index (χ1) is 9.72. The van der Waals surface area contributed by atoms with Crippen LogP contribution in [0, 0.1) is 12.3 Å². The molecule has 2 N–H and O–H groups in total. The summed E-state index contributed by atoms with van der Waals surface area (Å²) < 4.78 is 5.85. The molecule has 4 nitrogen and oxygen atoms in total. The Balaban J connectivity index is 1.95. The van der Waals surface area contributed by atoms with Gasteiger partial charge in [0.05, 0.1) is 18.7 Å². The predicted octanol–water partition coefficient (Wildman–Crippen LogP) is 1.76. The number of aliphatic carboxylic acids is 1. The minimum Gasteiger partial charge on any atom is -0.481 e. The van der Waals surface area contributed by atoms with Gasteiger partial charge in [-0.05, 0) is 17.5 Å². The Bertz CT molecular complexity index is 507. The van der Waals surface area contributed by atoms with Crippen LogP contribution in [0.25, 0.3) is 0 Å². The van der Waals surface area contributed by atoms with E-state index in [-0.39, 0.29) is 18.6 Å². The van der Waals surface area contributed by atoms with Crippen LogP contribution >= 0.6 is 0 Å². The molecule has 2 atom stereocenters. The van der Waals surface area contributed by atoms with Crippen molar-refractivity contribution in [3.05, 3.63) is 35.4 Å². The summed E-state index contributed by atoms with van der Waals surface area (Å²) in [6.45, 7) is 0.952. The lowest BCUT2D eigenvalue weighted by atomic mass is 10.1. The van der Waals surface area contributed by atoms with E-state index in [0.29, 0.717) is 19.6 Å². The summed E-state index contributed by atoms with van der Waals surface area (Å²) in [6, 6.07) is 8.30. The van der Waals surface area contributed by atoms with Gasteiger partial charge in [0, 0.05) is 19.4 Å². The summed E-state index contributed by atoms with van der Waals surface area (Å²) in [6.07, 6.45) is 6.84. The van der Waals surface area contributed by atoms with Crippen molar-refractivity contribution in [3.63, 3.8) is 0 Å². The molecule has 0 heterocycles. The van der Waals surface area contributed by atoms with Crippen molar-refractivity contribution in [3.8, 4) is 12.3 Å². The lowest BCUT2D eigenvalue weighted by molar-refractivity contribution is -0.137. The molecule has 20 heavy (non-hydrogen) atoms. The van der Waals surface area contributed by atoms with E-state index < -0.39 is 5.97 Å². The molecule has 1 aliphatic carbocycles. The fourth-order valence-electron chi connectivity index (χ4n) is 2.58. The van der Waals surface area contributed by atoms with Crippen LogP contribution in [0.5, 0.6) is 0 Å². The molecule has 1 aromatic rings. The standard InChI is InChI=1S/C16H19NO3/c1-2-9-17-16-13-7-4-3-6-12(13)11-14(16)20-10-5-8-15(18)19/h1,3-4,6-7,14,16-17H,5,8-11H2,(H,18,19)/t14-,16+/m1/s1. The number of hydrogen-bond donors (Lipinski definition) is 2. The number of rotatable bonds is 7. The van der Waals surface area contributed by atoms with Gasteiger partial charge in [-0.25, -0.2) is 0 Å². The Morgan fingerprint density at radius 1 is 1.50 bits per heavy atom. The monoisotopic (exact) mass is 273 g/mol. The minimum absolute atomic E-state index is 0.0227. The van der Waals surface area contributed by atoms with Crippen LogP contribution in [-0.2, 0) is 16.0 Å². The highest BCUT2D eigenvalue weighted by Crippen LogP contribution is 2.33. The quantitative estimate of drug-likeness (QED) is 0.587. The Morgan fingerprint density at radius 3 is 3.05 bits per heavy atom. The van der Waals surface area contributed by atoms with E-state index in [0.717, 1.165) is 6.42 Å². The highest BCUT2D eigenvalue weighted by molar-refractivity contribution is 5.66. The Morgan fingerprint density at radius 2 is 2.30 bits per heavy atom. The maximum absolute atomic E-state index is 10.5. The molecule has 1 aliphatic rings. The molecule has 0 saturated carbocycles. The summed E-state index contributed by atoms with van der Waals surface area (Å²) in [7, 11) is 0. The number of hydrogen-bond acceptors (Lipinski definition) is 3. The van der Waals surface area contributed by atoms with E-state index in [1.807, 2.05) is 12.1 Å². The van der Waals surface area contributed by atoms with Gasteiger partial charge in [0.2, 0.25) is 0 Å². The molecule has 106 valence electrons. The SMILES string of the molecule is C#CCN[C@H]1c2ccccc2C[C@H]1OCCCC(=O)O. The van der Waals surface area contributed by atoms with Gasteiger partial charge in [0.25, 0.3) is 0 Å². The highest BCUT2D eigenvalue weighted by Gasteiger charge is 2.32. The van der Waals surface area contributed by atoms with Crippen molar-refractivity contribution >= 4 is 5.97 Å². The Hall–Kier alpha value is -1.83. The summed E-state index contributed by atoms with van der Waals surface area (Å²) in [5, 5.41) is 11.9. The predicted molar refractivity (Wildman–Crippen MR) is 76.3 cm³/mol. The zero-order chi connectivity index (χ0) is 14.4. The van der Waals surface area contributed by atoms with Gasteiger partial charge >= 0.3 is 5.97 Å². The second-order valence-electron chi connectivity index (χ2n) is 4.87. The maximum atomic E-state index is 10.5. The first-order valence-corrected chi connectivity index (χ1v) is 6.80. The molecule has 0 fully saturated rings. The first-order valence-electron chi connectivity index (χ1n) is 6.80. The molecule has 1 aromatic carbocycles. The molecule has 0 aromatic heterocycles. The third-order valence-electron chi connectivity index (χ3n) is 3.47. The van der Waals surface area contributed by atoms with Gasteiger partial charge < -0.3 is 9.84 Å². The van der Waals surface area contributed by atoms with Gasteiger partial charge in [0.15, 0.2) is 0 Å². The smallest absolute Gasteiger partial charge is 0.303 e. The number of fused-ring (bicyclic) bond motifs is 1. The molecule has 0 bridgehead atoms. The molecular weight excluding hydrogens is 254 g/mol. The number of terminal acetylenes is 1. The largest absolute Gasteiger partial charge is 0.481 e. The molecule has 0 spiro atoms. The number of ether oxygens (including phenoxy) is 1. The number of carboxylic acids is 1. The molecular formula is C16H19NO3. The molecule has 0 amide bonds. The van der Waals surface area contributed by atoms with Crippen molar-refractivity contribution in [2.45, 2.75) is 31.4 Å². The van der Waals surface area contributed by atoms with Crippen molar-refractivity contribution in [2.24, 2.45) is 0 Å². The van der Waals surface area contributed by atoms with Crippen molar-refractivity contribution in [1.82, 2.24) is 5.32 Å². The van der Waals surface area contributed by atoms with E-state index in [1.165, 1.54) is 11.1 Å². The summed E-state index contributed by atoms with van der Waals surface area (Å²) in [5.41, 5.74) is 2.50. The fourth-order valence-corrected chi connectivity index (χ4v) is 2.58. The first kappa shape index (κ1) is 14.6. The van der Waals surface area contributed by atoms with Crippen LogP contribution in [0.4, 0.5) is 0 Å². The van der Waals surface area contributed by atoms with Crippen LogP contribution in [-0.4, -0.2) is 30.3 Å². The highest BCUT2D eigenvalue weighted by atomic mass is 16.5. The zero-order valence-corrected chi connectivity index (χ0v) is 11.3. The van der Waals surface area contributed by atoms with Gasteiger partial charge in [-0.1, -0.05) is 30.2 Å². The van der Waals surface area contributed by atoms with Crippen LogP contribution < -0.4 is 5.32 Å². The number of carbonyl (C=O) groups is 1. The van der Waals surface area contributed by atoms with Crippen LogP contribution in [0.2, 0.25) is 0 Å². The van der Waals surface area contributed by atoms with Gasteiger partial charge in [-0.3, -0.25) is 10.1 Å². The summed E-state index contributed by atoms with van der Waals surface area (Å²) in [5.74, 6) is 1.80. The van der Waals surface area contributed by atoms with E-state index in [2.05, 4.69) is 23.4 Å². The Labute approximate surface area is 119 Å². The van der Waals surface area contributed by atoms with Gasteiger partial charge in [-0.2, -0.15) is 0 Å². The summed E-state index contributed by atoms with van der Waals surface area (Å²) in [4.78, 5) is 10.5. The molecule has 0 unspecified atom stereocenters. The normalized spacial score (nSPS) is 20.4. The van der Waals surface area contributed by atoms with Crippen molar-refractivity contribution in [1.29, 1.82) is 0 Å². The summed E-state index contributed by atoms with van der Waals surface area (Å²) >= 11 is 0. The Kier molecular flexibility index (Phi) is 5.16. The third-order valence-corrected chi connectivity index (χ3v) is 3.47. The van der Waals surface area contributed by atoms with E-state index >= 15 is 0 Å². The van der Waals surface area contributed by atoms with Crippen LogP contribution in [0.1, 0.15) is 30.0 Å². The van der Waals surface area contributed by atoms with Crippen molar-refractivity contribution < 1.29 is 14.6 Å². The van der Waals surface area contributed by atoms with Crippen molar-refractivity contribution in [2.75, 3.05) is 13.2 Å². The molecule has 4 heteroatoms. The maximum Gasteiger partial charge on any atom is 0.303 e. The number of carboxylic acid groups (broad SMARTS) is 1. The lowest BCUT2D eigenvalue weighted by Gasteiger charge is -2.21. The van der Waals surface area contributed by atoms with E-state index in [4.69, 9.17) is 16.3 Å². The molecule has 0 saturated heterocycles. The molecule has 0 aliphatic heterocycles. The average Bonchev–Trinajstić information content (AvgIpc) is 2.79. The van der Waals surface area contributed by atoms with Crippen LogP contribution in [0.15, 0.2) is 24.3 Å². The van der Waals surface area contributed by atoms with Crippen LogP contribution in [0.3, 0.4) is 0 Å². The molecule has 2 rings (SSSR count). The number of benzene rings is 1. The second-order valence-corrected chi connectivity index (χ2v) is 4.87. The lowest BCUT2D eigenvalue weighted by Crippen LogP contribution is -2.31. The average molecular weight is 273 g/mol. The van der Waals surface area contributed by atoms with Gasteiger partial charge in [0.1, 0.15) is 0 Å². The topological polar surface area (TPSA) is 58.6 Å². The molecule has 0 radical (unpaired) electrons. The fraction of sp³-hybridized carbons (Fsp3) is 0.438.